The number of nitrogens with one attached hydrogen (secondary N) is 1. The second kappa shape index (κ2) is 8.88. The minimum Gasteiger partial charge on any atom is -0.326 e. The predicted molar refractivity (Wildman–Crippen MR) is 116 cm³/mol. The monoisotopic (exact) mass is 423 g/mol. The summed E-state index contributed by atoms with van der Waals surface area (Å²) in [5.41, 5.74) is 1.86. The van der Waals surface area contributed by atoms with Crippen molar-refractivity contribution in [3.05, 3.63) is 59.9 Å². The van der Waals surface area contributed by atoms with E-state index in [2.05, 4.69) is 5.32 Å². The first-order valence-corrected chi connectivity index (χ1v) is 10.7. The van der Waals surface area contributed by atoms with Crippen LogP contribution >= 0.6 is 0 Å². The number of amides is 4. The summed E-state index contributed by atoms with van der Waals surface area (Å²) in [6.45, 7) is 1.94. The van der Waals surface area contributed by atoms with Crippen LogP contribution in [0.4, 0.5) is 20.6 Å². The number of carbonyl (C=O) groups is 3. The highest BCUT2D eigenvalue weighted by Gasteiger charge is 2.49. The summed E-state index contributed by atoms with van der Waals surface area (Å²) >= 11 is 0. The number of nitrogens with zero attached hydrogens (tertiary/aromatic N) is 2. The van der Waals surface area contributed by atoms with Gasteiger partial charge in [0, 0.05) is 11.7 Å². The van der Waals surface area contributed by atoms with E-state index in [4.69, 9.17) is 0 Å². The number of anilines is 2. The van der Waals surface area contributed by atoms with Crippen LogP contribution < -0.4 is 10.2 Å². The van der Waals surface area contributed by atoms with Crippen molar-refractivity contribution in [2.75, 3.05) is 10.2 Å². The van der Waals surface area contributed by atoms with E-state index < -0.39 is 23.7 Å². The third-order valence-electron chi connectivity index (χ3n) is 6.00. The highest BCUT2D eigenvalue weighted by Crippen LogP contribution is 2.33. The van der Waals surface area contributed by atoms with Crippen molar-refractivity contribution < 1.29 is 18.8 Å². The maximum atomic E-state index is 13.4. The summed E-state index contributed by atoms with van der Waals surface area (Å²) < 4.78 is 13.4. The number of rotatable bonds is 5. The number of carbonyl (C=O) groups excluding carboxylic acids is 3. The van der Waals surface area contributed by atoms with E-state index >= 15 is 0 Å². The molecule has 2 aromatic rings. The van der Waals surface area contributed by atoms with Crippen molar-refractivity contribution in [3.8, 4) is 0 Å². The largest absolute Gasteiger partial charge is 0.332 e. The Balaban J connectivity index is 1.59. The molecule has 0 aromatic heterocycles. The molecule has 1 aliphatic carbocycles. The highest BCUT2D eigenvalue weighted by molar-refractivity contribution is 6.22. The molecule has 0 bridgehead atoms. The van der Waals surface area contributed by atoms with E-state index in [1.165, 1.54) is 23.1 Å². The predicted octanol–water partition coefficient (Wildman–Crippen LogP) is 4.63. The van der Waals surface area contributed by atoms with Gasteiger partial charge in [0.15, 0.2) is 0 Å². The Kier molecular flexibility index (Phi) is 6.02. The van der Waals surface area contributed by atoms with Crippen molar-refractivity contribution >= 4 is 29.2 Å². The summed E-state index contributed by atoms with van der Waals surface area (Å²) in [4.78, 5) is 42.2. The van der Waals surface area contributed by atoms with Crippen LogP contribution in [0.1, 0.15) is 44.1 Å². The van der Waals surface area contributed by atoms with Gasteiger partial charge in [0.1, 0.15) is 11.9 Å². The molecule has 0 unspecified atom stereocenters. The smallest absolute Gasteiger partial charge is 0.326 e. The van der Waals surface area contributed by atoms with Crippen LogP contribution in [0.25, 0.3) is 0 Å². The molecule has 2 fully saturated rings. The van der Waals surface area contributed by atoms with Gasteiger partial charge in [-0.1, -0.05) is 43.0 Å². The summed E-state index contributed by atoms with van der Waals surface area (Å²) in [6, 6.07) is 11.5. The van der Waals surface area contributed by atoms with Gasteiger partial charge in [0.2, 0.25) is 5.91 Å². The minimum atomic E-state index is -0.870. The Hall–Kier alpha value is -3.22. The SMILES string of the molecule is Cc1ccc(N2C(=O)[C@H](CC(=O)Nc3cccc(F)c3)N(C3CCCCC3)C2=O)cc1. The summed E-state index contributed by atoms with van der Waals surface area (Å²) in [6.07, 6.45) is 4.58. The van der Waals surface area contributed by atoms with Crippen LogP contribution in [0, 0.1) is 12.7 Å². The average molecular weight is 423 g/mol. The molecule has 0 radical (unpaired) electrons. The number of imide groups is 1. The maximum Gasteiger partial charge on any atom is 0.332 e. The van der Waals surface area contributed by atoms with Crippen LogP contribution in [0.3, 0.4) is 0 Å². The lowest BCUT2D eigenvalue weighted by molar-refractivity contribution is -0.125. The zero-order valence-corrected chi connectivity index (χ0v) is 17.5. The van der Waals surface area contributed by atoms with Crippen LogP contribution in [0.5, 0.6) is 0 Å². The first kappa shape index (κ1) is 21.0. The normalized spacial score (nSPS) is 19.7. The van der Waals surface area contributed by atoms with Gasteiger partial charge in [0.05, 0.1) is 12.1 Å². The van der Waals surface area contributed by atoms with E-state index in [-0.39, 0.29) is 18.5 Å². The van der Waals surface area contributed by atoms with Gasteiger partial charge in [-0.05, 0) is 50.1 Å². The molecule has 1 N–H and O–H groups in total. The van der Waals surface area contributed by atoms with Crippen molar-refractivity contribution in [3.63, 3.8) is 0 Å². The second-order valence-electron chi connectivity index (χ2n) is 8.27. The average Bonchev–Trinajstić information content (AvgIpc) is 2.99. The first-order chi connectivity index (χ1) is 14.9. The molecule has 31 heavy (non-hydrogen) atoms. The van der Waals surface area contributed by atoms with E-state index in [9.17, 15) is 18.8 Å². The van der Waals surface area contributed by atoms with Gasteiger partial charge in [-0.2, -0.15) is 0 Å². The molecule has 162 valence electrons. The molecule has 1 heterocycles. The lowest BCUT2D eigenvalue weighted by atomic mass is 9.93. The molecule has 1 saturated carbocycles. The Labute approximate surface area is 181 Å². The molecule has 2 aliphatic rings. The summed E-state index contributed by atoms with van der Waals surface area (Å²) in [7, 11) is 0. The Bertz CT molecular complexity index is 986. The standard InChI is InChI=1S/C24H26FN3O3/c1-16-10-12-20(13-11-16)28-23(30)21(27(24(28)31)19-8-3-2-4-9-19)15-22(29)26-18-7-5-6-17(25)14-18/h5-7,10-14,19,21H,2-4,8-9,15H2,1H3,(H,26,29)/t21-/m0/s1. The molecule has 1 saturated heterocycles. The van der Waals surface area contributed by atoms with Crippen LogP contribution in [-0.4, -0.2) is 34.8 Å². The number of benzene rings is 2. The fraction of sp³-hybridized carbons (Fsp3) is 0.375. The van der Waals surface area contributed by atoms with Crippen molar-refractivity contribution in [1.82, 2.24) is 4.90 Å². The van der Waals surface area contributed by atoms with Gasteiger partial charge >= 0.3 is 6.03 Å². The second-order valence-corrected chi connectivity index (χ2v) is 8.27. The molecular formula is C24H26FN3O3. The van der Waals surface area contributed by atoms with E-state index in [0.717, 1.165) is 37.7 Å². The number of halogens is 1. The zero-order valence-electron chi connectivity index (χ0n) is 17.5. The molecule has 4 rings (SSSR count). The molecule has 1 aliphatic heterocycles. The highest BCUT2D eigenvalue weighted by atomic mass is 19.1. The number of urea groups is 1. The Morgan fingerprint density at radius 1 is 1.06 bits per heavy atom. The zero-order chi connectivity index (χ0) is 22.0. The van der Waals surface area contributed by atoms with Gasteiger partial charge in [0.25, 0.3) is 5.91 Å². The summed E-state index contributed by atoms with van der Waals surface area (Å²) in [5.74, 6) is -1.28. The van der Waals surface area contributed by atoms with E-state index in [1.54, 1.807) is 23.1 Å². The van der Waals surface area contributed by atoms with Crippen LogP contribution in [-0.2, 0) is 9.59 Å². The first-order valence-electron chi connectivity index (χ1n) is 10.7. The fourth-order valence-corrected chi connectivity index (χ4v) is 4.45. The topological polar surface area (TPSA) is 69.7 Å². The lowest BCUT2D eigenvalue weighted by Crippen LogP contribution is -2.45. The Morgan fingerprint density at radius 3 is 2.45 bits per heavy atom. The van der Waals surface area contributed by atoms with Crippen LogP contribution in [0.15, 0.2) is 48.5 Å². The van der Waals surface area contributed by atoms with Gasteiger partial charge in [-0.3, -0.25) is 9.59 Å². The van der Waals surface area contributed by atoms with E-state index in [1.807, 2.05) is 19.1 Å². The van der Waals surface area contributed by atoms with Crippen molar-refractivity contribution in [2.45, 2.75) is 57.5 Å². The molecule has 0 spiro atoms. The third kappa shape index (κ3) is 4.45. The quantitative estimate of drug-likeness (QED) is 0.713. The van der Waals surface area contributed by atoms with Gasteiger partial charge in [-0.25, -0.2) is 14.1 Å². The molecular weight excluding hydrogens is 397 g/mol. The number of hydrogen-bond acceptors (Lipinski definition) is 3. The van der Waals surface area contributed by atoms with Crippen molar-refractivity contribution in [2.24, 2.45) is 0 Å². The minimum absolute atomic E-state index is 0.0624. The van der Waals surface area contributed by atoms with Crippen molar-refractivity contribution in [1.29, 1.82) is 0 Å². The summed E-state index contributed by atoms with van der Waals surface area (Å²) in [5, 5.41) is 2.64. The molecule has 7 heteroatoms. The molecule has 2 aromatic carbocycles. The molecule has 6 nitrogen and oxygen atoms in total. The number of aryl methyl sites for hydroxylation is 1. The van der Waals surface area contributed by atoms with Crippen LogP contribution in [0.2, 0.25) is 0 Å². The van der Waals surface area contributed by atoms with Gasteiger partial charge < -0.3 is 10.2 Å². The van der Waals surface area contributed by atoms with E-state index in [0.29, 0.717) is 11.4 Å². The molecule has 4 amide bonds. The third-order valence-corrected chi connectivity index (χ3v) is 6.00. The Morgan fingerprint density at radius 2 is 1.77 bits per heavy atom. The maximum absolute atomic E-state index is 13.4. The lowest BCUT2D eigenvalue weighted by Gasteiger charge is -2.33. The number of hydrogen-bond donors (Lipinski definition) is 1. The molecule has 1 atom stereocenters. The fourth-order valence-electron chi connectivity index (χ4n) is 4.45. The van der Waals surface area contributed by atoms with Gasteiger partial charge in [-0.15, -0.1) is 0 Å².